The molecule has 1 aromatic rings. The molecular weight excluding hydrogens is 310 g/mol. The van der Waals surface area contributed by atoms with Crippen molar-refractivity contribution in [2.24, 2.45) is 5.92 Å². The van der Waals surface area contributed by atoms with Crippen LogP contribution < -0.4 is 5.73 Å². The highest BCUT2D eigenvalue weighted by atomic mass is 79.9. The molecule has 6 heteroatoms. The zero-order valence-corrected chi connectivity index (χ0v) is 12.3. The number of nitrogens with zero attached hydrogens (tertiary/aromatic N) is 2. The van der Waals surface area contributed by atoms with E-state index in [9.17, 15) is 4.79 Å². The number of anilines is 1. The van der Waals surface area contributed by atoms with Gasteiger partial charge in [-0.1, -0.05) is 0 Å². The second kappa shape index (κ2) is 6.34. The zero-order chi connectivity index (χ0) is 13.8. The Kier molecular flexibility index (Phi) is 4.76. The molecule has 0 bridgehead atoms. The van der Waals surface area contributed by atoms with Gasteiger partial charge in [0.2, 0.25) is 0 Å². The molecule has 0 aliphatic carbocycles. The molecule has 1 amide bonds. The lowest BCUT2D eigenvalue weighted by molar-refractivity contribution is 0.0654. The lowest BCUT2D eigenvalue weighted by Gasteiger charge is -2.32. The van der Waals surface area contributed by atoms with Crippen molar-refractivity contribution < 1.29 is 9.90 Å². The van der Waals surface area contributed by atoms with E-state index in [2.05, 4.69) is 20.9 Å². The molecule has 3 N–H and O–H groups in total. The van der Waals surface area contributed by atoms with E-state index in [0.717, 1.165) is 30.3 Å². The van der Waals surface area contributed by atoms with Crippen LogP contribution in [0.2, 0.25) is 0 Å². The van der Waals surface area contributed by atoms with Crippen molar-refractivity contribution in [1.29, 1.82) is 0 Å². The number of amides is 1. The van der Waals surface area contributed by atoms with Crippen LogP contribution in [0, 0.1) is 5.92 Å². The minimum atomic E-state index is -0.0751. The van der Waals surface area contributed by atoms with E-state index < -0.39 is 0 Å². The standard InChI is InChI=1S/C13H18BrN3O2/c14-10-6-11(12(15)16-7-10)13(19)17-4-1-2-9(8-17)3-5-18/h6-7,9,18H,1-5,8H2,(H2,15,16). The fraction of sp³-hybridized carbons (Fsp3) is 0.538. The lowest BCUT2D eigenvalue weighted by atomic mass is 9.95. The average Bonchev–Trinajstić information content (AvgIpc) is 2.41. The van der Waals surface area contributed by atoms with Crippen LogP contribution >= 0.6 is 15.9 Å². The molecule has 2 heterocycles. The predicted molar refractivity (Wildman–Crippen MR) is 76.7 cm³/mol. The Balaban J connectivity index is 2.12. The van der Waals surface area contributed by atoms with Gasteiger partial charge in [-0.05, 0) is 47.2 Å². The number of carbonyl (C=O) groups excluding carboxylic acids is 1. The maximum Gasteiger partial charge on any atom is 0.257 e. The number of pyridine rings is 1. The summed E-state index contributed by atoms with van der Waals surface area (Å²) in [5, 5.41) is 9.00. The number of carbonyl (C=O) groups is 1. The number of halogens is 1. The van der Waals surface area contributed by atoms with Gasteiger partial charge in [-0.2, -0.15) is 0 Å². The van der Waals surface area contributed by atoms with Gasteiger partial charge in [0.25, 0.3) is 5.91 Å². The van der Waals surface area contributed by atoms with Gasteiger partial charge >= 0.3 is 0 Å². The summed E-state index contributed by atoms with van der Waals surface area (Å²) in [6.45, 7) is 1.60. The van der Waals surface area contributed by atoms with Crippen LogP contribution in [-0.4, -0.2) is 40.6 Å². The zero-order valence-electron chi connectivity index (χ0n) is 10.7. The second-order valence-corrected chi connectivity index (χ2v) is 5.77. The van der Waals surface area contributed by atoms with Crippen LogP contribution in [0.5, 0.6) is 0 Å². The summed E-state index contributed by atoms with van der Waals surface area (Å²) in [7, 11) is 0. The molecule has 1 fully saturated rings. The molecule has 1 unspecified atom stereocenters. The Morgan fingerprint density at radius 3 is 3.16 bits per heavy atom. The Morgan fingerprint density at radius 1 is 1.63 bits per heavy atom. The first-order valence-electron chi connectivity index (χ1n) is 6.43. The van der Waals surface area contributed by atoms with Crippen LogP contribution in [-0.2, 0) is 0 Å². The topological polar surface area (TPSA) is 79.5 Å². The van der Waals surface area contributed by atoms with Crippen molar-refractivity contribution in [2.75, 3.05) is 25.4 Å². The third kappa shape index (κ3) is 3.45. The van der Waals surface area contributed by atoms with Crippen molar-refractivity contribution >= 4 is 27.7 Å². The molecule has 1 aliphatic heterocycles. The molecule has 104 valence electrons. The molecule has 5 nitrogen and oxygen atoms in total. The molecule has 0 radical (unpaired) electrons. The Morgan fingerprint density at radius 2 is 2.42 bits per heavy atom. The molecule has 2 rings (SSSR count). The van der Waals surface area contributed by atoms with Crippen LogP contribution in [0.25, 0.3) is 0 Å². The van der Waals surface area contributed by atoms with E-state index in [4.69, 9.17) is 10.8 Å². The van der Waals surface area contributed by atoms with Gasteiger partial charge in [0.05, 0.1) is 5.56 Å². The van der Waals surface area contributed by atoms with Gasteiger partial charge in [-0.15, -0.1) is 0 Å². The summed E-state index contributed by atoms with van der Waals surface area (Å²) in [4.78, 5) is 18.2. The molecule has 0 spiro atoms. The number of aliphatic hydroxyl groups is 1. The van der Waals surface area contributed by atoms with Gasteiger partial charge in [-0.3, -0.25) is 4.79 Å². The van der Waals surface area contributed by atoms with Gasteiger partial charge in [0.15, 0.2) is 0 Å². The largest absolute Gasteiger partial charge is 0.396 e. The Hall–Kier alpha value is -1.14. The minimum absolute atomic E-state index is 0.0751. The molecule has 0 saturated carbocycles. The number of aromatic nitrogens is 1. The van der Waals surface area contributed by atoms with Crippen molar-refractivity contribution in [1.82, 2.24) is 9.88 Å². The van der Waals surface area contributed by atoms with E-state index in [-0.39, 0.29) is 18.3 Å². The smallest absolute Gasteiger partial charge is 0.257 e. The highest BCUT2D eigenvalue weighted by molar-refractivity contribution is 9.10. The molecule has 1 atom stereocenters. The monoisotopic (exact) mass is 327 g/mol. The molecular formula is C13H18BrN3O2. The van der Waals surface area contributed by atoms with Crippen molar-refractivity contribution in [3.8, 4) is 0 Å². The first-order valence-corrected chi connectivity index (χ1v) is 7.22. The third-order valence-electron chi connectivity index (χ3n) is 3.46. The van der Waals surface area contributed by atoms with Crippen molar-refractivity contribution in [3.63, 3.8) is 0 Å². The number of likely N-dealkylation sites (tertiary alicyclic amines) is 1. The number of hydrogen-bond donors (Lipinski definition) is 2. The van der Waals surface area contributed by atoms with Crippen LogP contribution in [0.3, 0.4) is 0 Å². The van der Waals surface area contributed by atoms with E-state index in [1.165, 1.54) is 0 Å². The Bertz CT molecular complexity index is 465. The minimum Gasteiger partial charge on any atom is -0.396 e. The first kappa shape index (κ1) is 14.3. The maximum atomic E-state index is 12.4. The normalized spacial score (nSPS) is 19.5. The van der Waals surface area contributed by atoms with Gasteiger partial charge < -0.3 is 15.7 Å². The second-order valence-electron chi connectivity index (χ2n) is 4.86. The maximum absolute atomic E-state index is 12.4. The fourth-order valence-corrected chi connectivity index (χ4v) is 2.79. The molecule has 0 aromatic carbocycles. The molecule has 1 aliphatic rings. The quantitative estimate of drug-likeness (QED) is 0.884. The van der Waals surface area contributed by atoms with E-state index in [0.29, 0.717) is 18.0 Å². The first-order chi connectivity index (χ1) is 9.11. The number of nitrogen functional groups attached to an aromatic ring is 1. The van der Waals surface area contributed by atoms with Crippen molar-refractivity contribution in [3.05, 3.63) is 22.3 Å². The summed E-state index contributed by atoms with van der Waals surface area (Å²) >= 11 is 3.30. The summed E-state index contributed by atoms with van der Waals surface area (Å²) in [6, 6.07) is 1.71. The summed E-state index contributed by atoms with van der Waals surface area (Å²) in [5.74, 6) is 0.565. The number of hydrogen-bond acceptors (Lipinski definition) is 4. The third-order valence-corrected chi connectivity index (χ3v) is 3.89. The van der Waals surface area contributed by atoms with Gasteiger partial charge in [0.1, 0.15) is 5.82 Å². The summed E-state index contributed by atoms with van der Waals surface area (Å²) in [5.41, 5.74) is 6.21. The van der Waals surface area contributed by atoms with Crippen LogP contribution in [0.1, 0.15) is 29.6 Å². The molecule has 1 saturated heterocycles. The van der Waals surface area contributed by atoms with E-state index in [1.54, 1.807) is 12.3 Å². The highest BCUT2D eigenvalue weighted by Crippen LogP contribution is 2.23. The summed E-state index contributed by atoms with van der Waals surface area (Å²) < 4.78 is 0.744. The number of nitrogens with two attached hydrogens (primary N) is 1. The van der Waals surface area contributed by atoms with Gasteiger partial charge in [-0.25, -0.2) is 4.98 Å². The van der Waals surface area contributed by atoms with E-state index in [1.807, 2.05) is 4.90 Å². The average molecular weight is 328 g/mol. The fourth-order valence-electron chi connectivity index (χ4n) is 2.46. The molecule has 19 heavy (non-hydrogen) atoms. The van der Waals surface area contributed by atoms with Crippen molar-refractivity contribution in [2.45, 2.75) is 19.3 Å². The highest BCUT2D eigenvalue weighted by Gasteiger charge is 2.25. The van der Waals surface area contributed by atoms with Gasteiger partial charge in [0, 0.05) is 30.4 Å². The van der Waals surface area contributed by atoms with Crippen LogP contribution in [0.15, 0.2) is 16.7 Å². The Labute approximate surface area is 120 Å². The number of aliphatic hydroxyl groups excluding tert-OH is 1. The number of piperidine rings is 1. The summed E-state index contributed by atoms with van der Waals surface area (Å²) in [6.07, 6.45) is 4.36. The number of rotatable bonds is 3. The van der Waals surface area contributed by atoms with E-state index >= 15 is 0 Å². The van der Waals surface area contributed by atoms with Crippen LogP contribution in [0.4, 0.5) is 5.82 Å². The lowest BCUT2D eigenvalue weighted by Crippen LogP contribution is -2.40. The SMILES string of the molecule is Nc1ncc(Br)cc1C(=O)N1CCCC(CCO)C1. The predicted octanol–water partition coefficient (Wildman–Crippen LogP) is 1.66. The molecule has 1 aromatic heterocycles.